The molecular weight excluding hydrogens is 212 g/mol. The van der Waals surface area contributed by atoms with Crippen LogP contribution in [0.5, 0.6) is 0 Å². The van der Waals surface area contributed by atoms with Crippen LogP contribution < -0.4 is 0 Å². The molecule has 0 spiro atoms. The van der Waals surface area contributed by atoms with E-state index in [0.29, 0.717) is 23.4 Å². The molecule has 0 aliphatic rings. The number of carbonyl (C=O) groups excluding carboxylic acids is 1. The second kappa shape index (κ2) is 5.90. The van der Waals surface area contributed by atoms with Crippen LogP contribution in [0, 0.1) is 0 Å². The van der Waals surface area contributed by atoms with Crippen LogP contribution in [-0.4, -0.2) is 21.2 Å². The third-order valence-electron chi connectivity index (χ3n) is 1.80. The van der Waals surface area contributed by atoms with Gasteiger partial charge in [-0.1, -0.05) is 25.9 Å². The van der Waals surface area contributed by atoms with Crippen LogP contribution in [0.15, 0.2) is 4.52 Å². The van der Waals surface area contributed by atoms with Gasteiger partial charge in [0, 0.05) is 6.42 Å². The second-order valence-corrected chi connectivity index (χ2v) is 5.10. The van der Waals surface area contributed by atoms with Gasteiger partial charge in [0.1, 0.15) is 5.78 Å². The second-order valence-electron chi connectivity index (χ2n) is 3.53. The van der Waals surface area contributed by atoms with Crippen molar-refractivity contribution in [2.45, 2.75) is 44.6 Å². The van der Waals surface area contributed by atoms with E-state index >= 15 is 0 Å². The molecule has 0 amide bonds. The number of rotatable bonds is 6. The van der Waals surface area contributed by atoms with Crippen LogP contribution in [0.3, 0.4) is 0 Å². The highest BCUT2D eigenvalue weighted by Gasteiger charge is 2.10. The number of hydrogen-bond donors (Lipinski definition) is 0. The topological polar surface area (TPSA) is 56.0 Å². The minimum absolute atomic E-state index is 0.127. The number of nitrogens with zero attached hydrogens (tertiary/aromatic N) is 2. The molecule has 0 saturated carbocycles. The molecule has 0 fully saturated rings. The zero-order valence-electron chi connectivity index (χ0n) is 9.32. The molecule has 0 atom stereocenters. The van der Waals surface area contributed by atoms with E-state index in [1.807, 2.05) is 6.92 Å². The van der Waals surface area contributed by atoms with E-state index in [0.717, 1.165) is 5.75 Å². The number of thioether (sulfide) groups is 1. The summed E-state index contributed by atoms with van der Waals surface area (Å²) in [4.78, 5) is 15.3. The number of carbonyl (C=O) groups is 1. The van der Waals surface area contributed by atoms with Gasteiger partial charge in [-0.25, -0.2) is 0 Å². The van der Waals surface area contributed by atoms with Crippen LogP contribution in [-0.2, 0) is 17.0 Å². The number of Topliss-reactive ketones (excluding diaryl/α,β-unsaturated/α-hetero) is 1. The lowest BCUT2D eigenvalue weighted by Crippen LogP contribution is -2.00. The van der Waals surface area contributed by atoms with E-state index in [-0.39, 0.29) is 12.2 Å². The first kappa shape index (κ1) is 12.2. The minimum atomic E-state index is 0.127. The van der Waals surface area contributed by atoms with Crippen molar-refractivity contribution >= 4 is 17.5 Å². The van der Waals surface area contributed by atoms with Crippen molar-refractivity contribution in [3.63, 3.8) is 0 Å². The molecular formula is C10H16N2O2S. The normalized spacial score (nSPS) is 10.9. The van der Waals surface area contributed by atoms with Gasteiger partial charge < -0.3 is 4.52 Å². The van der Waals surface area contributed by atoms with Crippen LogP contribution in [0.4, 0.5) is 0 Å². The highest BCUT2D eigenvalue weighted by molar-refractivity contribution is 7.99. The summed E-state index contributed by atoms with van der Waals surface area (Å²) >= 11 is 1.75. The summed E-state index contributed by atoms with van der Waals surface area (Å²) in [7, 11) is 0. The monoisotopic (exact) mass is 228 g/mol. The molecule has 15 heavy (non-hydrogen) atoms. The Kier molecular flexibility index (Phi) is 4.81. The average molecular weight is 228 g/mol. The minimum Gasteiger partial charge on any atom is -0.339 e. The molecule has 0 saturated heterocycles. The smallest absolute Gasteiger partial charge is 0.234 e. The zero-order valence-corrected chi connectivity index (χ0v) is 10.1. The Hall–Kier alpha value is -0.840. The van der Waals surface area contributed by atoms with Crippen molar-refractivity contribution in [2.75, 3.05) is 0 Å². The summed E-state index contributed by atoms with van der Waals surface area (Å²) < 4.78 is 4.97. The quantitative estimate of drug-likeness (QED) is 0.747. The van der Waals surface area contributed by atoms with Crippen molar-refractivity contribution in [2.24, 2.45) is 0 Å². The highest BCUT2D eigenvalue weighted by Crippen LogP contribution is 2.14. The summed E-state index contributed by atoms with van der Waals surface area (Å²) in [5.74, 6) is 1.97. The molecule has 1 rings (SSSR count). The van der Waals surface area contributed by atoms with E-state index in [1.54, 1.807) is 11.8 Å². The predicted molar refractivity (Wildman–Crippen MR) is 59.7 cm³/mol. The van der Waals surface area contributed by atoms with Gasteiger partial charge in [0.15, 0.2) is 5.82 Å². The van der Waals surface area contributed by atoms with Crippen LogP contribution in [0.1, 0.15) is 38.9 Å². The molecule has 1 aromatic rings. The zero-order chi connectivity index (χ0) is 11.3. The lowest BCUT2D eigenvalue weighted by atomic mass is 10.2. The molecule has 0 unspecified atom stereocenters. The molecule has 0 aliphatic carbocycles. The van der Waals surface area contributed by atoms with Gasteiger partial charge in [0.2, 0.25) is 5.89 Å². The first-order valence-electron chi connectivity index (χ1n) is 5.06. The Balaban J connectivity index is 2.45. The summed E-state index contributed by atoms with van der Waals surface area (Å²) in [5.41, 5.74) is 0. The molecule has 0 aromatic carbocycles. The molecule has 4 nitrogen and oxygen atoms in total. The van der Waals surface area contributed by atoms with Crippen molar-refractivity contribution < 1.29 is 9.32 Å². The van der Waals surface area contributed by atoms with Gasteiger partial charge in [-0.3, -0.25) is 4.79 Å². The maximum absolute atomic E-state index is 11.1. The fourth-order valence-electron chi connectivity index (χ4n) is 0.955. The van der Waals surface area contributed by atoms with Crippen molar-refractivity contribution in [3.05, 3.63) is 11.7 Å². The number of hydrogen-bond acceptors (Lipinski definition) is 5. The van der Waals surface area contributed by atoms with E-state index in [2.05, 4.69) is 24.0 Å². The Morgan fingerprint density at radius 2 is 2.27 bits per heavy atom. The molecule has 0 radical (unpaired) electrons. The standard InChI is InChI=1S/C10H16N2O2S/c1-4-8(13)5-10-11-9(12-14-10)6-15-7(2)3/h7H,4-6H2,1-3H3. The fraction of sp³-hybridized carbons (Fsp3) is 0.700. The van der Waals surface area contributed by atoms with Crippen LogP contribution >= 0.6 is 11.8 Å². The molecule has 0 bridgehead atoms. The van der Waals surface area contributed by atoms with Crippen LogP contribution in [0.25, 0.3) is 0 Å². The SMILES string of the molecule is CCC(=O)Cc1nc(CSC(C)C)no1. The van der Waals surface area contributed by atoms with Crippen LogP contribution in [0.2, 0.25) is 0 Å². The van der Waals surface area contributed by atoms with E-state index in [9.17, 15) is 4.79 Å². The molecule has 5 heteroatoms. The molecule has 0 aliphatic heterocycles. The van der Waals surface area contributed by atoms with E-state index in [1.165, 1.54) is 0 Å². The Labute approximate surface area is 93.8 Å². The van der Waals surface area contributed by atoms with Gasteiger partial charge in [0.25, 0.3) is 0 Å². The maximum Gasteiger partial charge on any atom is 0.234 e. The van der Waals surface area contributed by atoms with Crippen molar-refractivity contribution in [1.82, 2.24) is 10.1 Å². The van der Waals surface area contributed by atoms with Crippen molar-refractivity contribution in [3.8, 4) is 0 Å². The summed E-state index contributed by atoms with van der Waals surface area (Å²) in [6, 6.07) is 0. The van der Waals surface area contributed by atoms with Gasteiger partial charge in [-0.15, -0.1) is 0 Å². The fourth-order valence-corrected chi connectivity index (χ4v) is 1.56. The Bertz CT molecular complexity index is 323. The lowest BCUT2D eigenvalue weighted by molar-refractivity contribution is -0.118. The van der Waals surface area contributed by atoms with Gasteiger partial charge in [-0.05, 0) is 5.25 Å². The van der Waals surface area contributed by atoms with Crippen molar-refractivity contribution in [1.29, 1.82) is 0 Å². The molecule has 1 aromatic heterocycles. The summed E-state index contributed by atoms with van der Waals surface area (Å²) in [6.07, 6.45) is 0.772. The lowest BCUT2D eigenvalue weighted by Gasteiger charge is -1.98. The first-order chi connectivity index (χ1) is 7.11. The third-order valence-corrected chi connectivity index (χ3v) is 2.89. The maximum atomic E-state index is 11.1. The Morgan fingerprint density at radius 1 is 1.53 bits per heavy atom. The first-order valence-corrected chi connectivity index (χ1v) is 6.11. The van der Waals surface area contributed by atoms with E-state index < -0.39 is 0 Å². The molecule has 84 valence electrons. The average Bonchev–Trinajstić information content (AvgIpc) is 2.62. The largest absolute Gasteiger partial charge is 0.339 e. The van der Waals surface area contributed by atoms with Gasteiger partial charge in [-0.2, -0.15) is 16.7 Å². The number of aromatic nitrogens is 2. The summed E-state index contributed by atoms with van der Waals surface area (Å²) in [6.45, 7) is 6.06. The van der Waals surface area contributed by atoms with E-state index in [4.69, 9.17) is 4.52 Å². The predicted octanol–water partition coefficient (Wildman–Crippen LogP) is 2.23. The third kappa shape index (κ3) is 4.46. The van der Waals surface area contributed by atoms with Gasteiger partial charge >= 0.3 is 0 Å². The number of ketones is 1. The Morgan fingerprint density at radius 3 is 2.87 bits per heavy atom. The summed E-state index contributed by atoms with van der Waals surface area (Å²) in [5, 5.41) is 4.36. The molecule has 1 heterocycles. The van der Waals surface area contributed by atoms with Gasteiger partial charge in [0.05, 0.1) is 12.2 Å². The highest BCUT2D eigenvalue weighted by atomic mass is 32.2. The molecule has 0 N–H and O–H groups in total.